The maximum atomic E-state index is 11.7. The molecule has 0 radical (unpaired) electrons. The summed E-state index contributed by atoms with van der Waals surface area (Å²) >= 11 is 0. The van der Waals surface area contributed by atoms with Gasteiger partial charge in [-0.3, -0.25) is 10.1 Å². The second kappa shape index (κ2) is 8.61. The zero-order chi connectivity index (χ0) is 19.1. The quantitative estimate of drug-likeness (QED) is 0.268. The fourth-order valence-electron chi connectivity index (χ4n) is 2.02. The molecule has 8 nitrogen and oxygen atoms in total. The second-order valence-corrected chi connectivity index (χ2v) is 5.76. The molecular formula is C18H19N3O5. The van der Waals surface area contributed by atoms with Crippen molar-refractivity contribution < 1.29 is 19.3 Å². The molecule has 0 aliphatic carbocycles. The van der Waals surface area contributed by atoms with Crippen LogP contribution in [0.1, 0.15) is 30.9 Å². The van der Waals surface area contributed by atoms with Gasteiger partial charge in [-0.1, -0.05) is 31.1 Å². The monoisotopic (exact) mass is 357 g/mol. The third-order valence-electron chi connectivity index (χ3n) is 3.52. The maximum Gasteiger partial charge on any atom is 0.372 e. The summed E-state index contributed by atoms with van der Waals surface area (Å²) < 4.78 is 5.32. The van der Waals surface area contributed by atoms with Crippen molar-refractivity contribution in [2.45, 2.75) is 19.8 Å². The summed E-state index contributed by atoms with van der Waals surface area (Å²) in [7, 11) is 0. The van der Waals surface area contributed by atoms with Crippen molar-refractivity contribution >= 4 is 17.5 Å². The minimum Gasteiger partial charge on any atom is -0.482 e. The number of non-ortho nitro benzene ring substituents is 1. The molecule has 0 fully saturated rings. The van der Waals surface area contributed by atoms with Gasteiger partial charge in [0, 0.05) is 17.7 Å². The van der Waals surface area contributed by atoms with E-state index in [1.165, 1.54) is 29.8 Å². The number of hydrogen-bond acceptors (Lipinski definition) is 6. The Hall–Kier alpha value is -3.42. The van der Waals surface area contributed by atoms with E-state index in [0.29, 0.717) is 17.2 Å². The number of rotatable bonds is 7. The van der Waals surface area contributed by atoms with Gasteiger partial charge in [0.15, 0.2) is 12.4 Å². The molecule has 8 heteroatoms. The van der Waals surface area contributed by atoms with Crippen LogP contribution in [0.25, 0.3) is 0 Å². The SMILES string of the molecule is CC(C)c1ccc(OCC(=O)ON=C(N)c2ccc([N+](=O)[O-])cc2)cc1. The average molecular weight is 357 g/mol. The smallest absolute Gasteiger partial charge is 0.372 e. The van der Waals surface area contributed by atoms with Crippen LogP contribution in [0.2, 0.25) is 0 Å². The number of carbonyl (C=O) groups excluding carboxylic acids is 1. The van der Waals surface area contributed by atoms with Crippen molar-refractivity contribution in [3.63, 3.8) is 0 Å². The lowest BCUT2D eigenvalue weighted by Gasteiger charge is -2.08. The van der Waals surface area contributed by atoms with Gasteiger partial charge in [-0.25, -0.2) is 4.79 Å². The Bertz CT molecular complexity index is 799. The number of oxime groups is 1. The van der Waals surface area contributed by atoms with Gasteiger partial charge in [0.1, 0.15) is 5.75 Å². The lowest BCUT2D eigenvalue weighted by molar-refractivity contribution is -0.384. The Morgan fingerprint density at radius 2 is 1.77 bits per heavy atom. The highest BCUT2D eigenvalue weighted by Gasteiger charge is 2.09. The van der Waals surface area contributed by atoms with Crippen LogP contribution in [0, 0.1) is 10.1 Å². The third-order valence-corrected chi connectivity index (χ3v) is 3.52. The van der Waals surface area contributed by atoms with Crippen LogP contribution in [0.5, 0.6) is 5.75 Å². The zero-order valence-corrected chi connectivity index (χ0v) is 14.4. The summed E-state index contributed by atoms with van der Waals surface area (Å²) in [5.41, 5.74) is 7.17. The molecule has 136 valence electrons. The van der Waals surface area contributed by atoms with E-state index in [4.69, 9.17) is 10.5 Å². The van der Waals surface area contributed by atoms with Crippen LogP contribution < -0.4 is 10.5 Å². The molecular weight excluding hydrogens is 338 g/mol. The molecule has 0 aliphatic heterocycles. The summed E-state index contributed by atoms with van der Waals surface area (Å²) in [4.78, 5) is 26.4. The number of carbonyl (C=O) groups is 1. The number of nitrogens with two attached hydrogens (primary N) is 1. The van der Waals surface area contributed by atoms with Crippen LogP contribution in [0.15, 0.2) is 53.7 Å². The Balaban J connectivity index is 1.86. The van der Waals surface area contributed by atoms with Crippen LogP contribution >= 0.6 is 0 Å². The van der Waals surface area contributed by atoms with E-state index in [2.05, 4.69) is 23.8 Å². The highest BCUT2D eigenvalue weighted by Crippen LogP contribution is 2.18. The lowest BCUT2D eigenvalue weighted by Crippen LogP contribution is -2.18. The summed E-state index contributed by atoms with van der Waals surface area (Å²) in [5, 5.41) is 14.1. The molecule has 2 aromatic rings. The van der Waals surface area contributed by atoms with Gasteiger partial charge in [-0.15, -0.1) is 0 Å². The number of nitro benzene ring substituents is 1. The molecule has 0 aromatic heterocycles. The topological polar surface area (TPSA) is 117 Å². The Kier molecular flexibility index (Phi) is 6.26. The second-order valence-electron chi connectivity index (χ2n) is 5.76. The van der Waals surface area contributed by atoms with Crippen LogP contribution in [0.3, 0.4) is 0 Å². The van der Waals surface area contributed by atoms with Gasteiger partial charge in [-0.05, 0) is 35.7 Å². The predicted molar refractivity (Wildman–Crippen MR) is 95.9 cm³/mol. The van der Waals surface area contributed by atoms with Gasteiger partial charge >= 0.3 is 5.97 Å². The molecule has 26 heavy (non-hydrogen) atoms. The number of nitrogens with zero attached hydrogens (tertiary/aromatic N) is 2. The molecule has 0 atom stereocenters. The molecule has 2 N–H and O–H groups in total. The van der Waals surface area contributed by atoms with Gasteiger partial charge < -0.3 is 15.3 Å². The van der Waals surface area contributed by atoms with E-state index < -0.39 is 10.9 Å². The first-order valence-corrected chi connectivity index (χ1v) is 7.87. The lowest BCUT2D eigenvalue weighted by atomic mass is 10.0. The highest BCUT2D eigenvalue weighted by atomic mass is 16.7. The van der Waals surface area contributed by atoms with Gasteiger partial charge in [0.05, 0.1) is 4.92 Å². The molecule has 0 saturated heterocycles. The van der Waals surface area contributed by atoms with Gasteiger partial charge in [0.25, 0.3) is 5.69 Å². The molecule has 0 heterocycles. The maximum absolute atomic E-state index is 11.7. The summed E-state index contributed by atoms with van der Waals surface area (Å²) in [5.74, 6) is 0.154. The van der Waals surface area contributed by atoms with Crippen LogP contribution in [0.4, 0.5) is 5.69 Å². The van der Waals surface area contributed by atoms with Crippen LogP contribution in [-0.2, 0) is 9.63 Å². The number of hydrogen-bond donors (Lipinski definition) is 1. The zero-order valence-electron chi connectivity index (χ0n) is 14.4. The average Bonchev–Trinajstić information content (AvgIpc) is 2.64. The van der Waals surface area contributed by atoms with Crippen molar-refractivity contribution in [3.05, 3.63) is 69.8 Å². The van der Waals surface area contributed by atoms with Gasteiger partial charge in [-0.2, -0.15) is 0 Å². The van der Waals surface area contributed by atoms with Crippen molar-refractivity contribution in [1.82, 2.24) is 0 Å². The van der Waals surface area contributed by atoms with E-state index >= 15 is 0 Å². The fraction of sp³-hybridized carbons (Fsp3) is 0.222. The van der Waals surface area contributed by atoms with E-state index in [1.54, 1.807) is 12.1 Å². The Morgan fingerprint density at radius 3 is 2.31 bits per heavy atom. The summed E-state index contributed by atoms with van der Waals surface area (Å²) in [6, 6.07) is 12.8. The van der Waals surface area contributed by atoms with E-state index in [0.717, 1.165) is 0 Å². The number of ether oxygens (including phenoxy) is 1. The summed E-state index contributed by atoms with van der Waals surface area (Å²) in [6.07, 6.45) is 0. The number of nitro groups is 1. The molecule has 0 bridgehead atoms. The standard InChI is InChI=1S/C18H19N3O5/c1-12(2)13-5-9-16(10-6-13)25-11-17(22)26-20-18(19)14-3-7-15(8-4-14)21(23)24/h3-10,12H,11H2,1-2H3,(H2,19,20). The molecule has 0 amide bonds. The molecule has 0 unspecified atom stereocenters. The van der Waals surface area contributed by atoms with E-state index in [9.17, 15) is 14.9 Å². The molecule has 0 aliphatic rings. The van der Waals surface area contributed by atoms with Crippen molar-refractivity contribution in [2.24, 2.45) is 10.9 Å². The Morgan fingerprint density at radius 1 is 1.15 bits per heavy atom. The van der Waals surface area contributed by atoms with Crippen LogP contribution in [-0.4, -0.2) is 23.3 Å². The minimum atomic E-state index is -0.720. The Labute approximate surface area is 150 Å². The first kappa shape index (κ1) is 18.9. The predicted octanol–water partition coefficient (Wildman–Crippen LogP) is 2.96. The molecule has 2 rings (SSSR count). The fourth-order valence-corrected chi connectivity index (χ4v) is 2.02. The normalized spacial score (nSPS) is 11.3. The van der Waals surface area contributed by atoms with E-state index in [1.807, 2.05) is 12.1 Å². The molecule has 0 spiro atoms. The number of benzene rings is 2. The summed E-state index contributed by atoms with van der Waals surface area (Å²) in [6.45, 7) is 3.85. The first-order chi connectivity index (χ1) is 12.4. The molecule has 2 aromatic carbocycles. The number of amidine groups is 1. The van der Waals surface area contributed by atoms with E-state index in [-0.39, 0.29) is 18.1 Å². The first-order valence-electron chi connectivity index (χ1n) is 7.87. The van der Waals surface area contributed by atoms with Crippen molar-refractivity contribution in [3.8, 4) is 5.75 Å². The van der Waals surface area contributed by atoms with Crippen molar-refractivity contribution in [1.29, 1.82) is 0 Å². The third kappa shape index (κ3) is 5.30. The highest BCUT2D eigenvalue weighted by molar-refractivity contribution is 5.97. The minimum absolute atomic E-state index is 0.0737. The molecule has 0 saturated carbocycles. The van der Waals surface area contributed by atoms with Gasteiger partial charge in [0.2, 0.25) is 0 Å². The van der Waals surface area contributed by atoms with Crippen molar-refractivity contribution in [2.75, 3.05) is 6.61 Å². The largest absolute Gasteiger partial charge is 0.482 e.